The Bertz CT molecular complexity index is 1520. The molecule has 7 nitrogen and oxygen atoms in total. The van der Waals surface area contributed by atoms with E-state index in [1.165, 1.54) is 11.1 Å². The molecule has 0 unspecified atom stereocenters. The molecule has 0 fully saturated rings. The van der Waals surface area contributed by atoms with E-state index in [0.29, 0.717) is 17.1 Å². The van der Waals surface area contributed by atoms with E-state index < -0.39 is 0 Å². The van der Waals surface area contributed by atoms with Gasteiger partial charge in [0.15, 0.2) is 11.5 Å². The van der Waals surface area contributed by atoms with Crippen LogP contribution in [0, 0.1) is 0 Å². The summed E-state index contributed by atoms with van der Waals surface area (Å²) in [5.74, 6) is 2.69. The number of benzene rings is 3. The highest BCUT2D eigenvalue weighted by atomic mass is 35.5. The average molecular weight is 533 g/mol. The molecule has 8 heteroatoms. The van der Waals surface area contributed by atoms with E-state index in [4.69, 9.17) is 23.9 Å². The number of carbonyl (C=O) groups is 1. The highest BCUT2D eigenvalue weighted by Gasteiger charge is 2.29. The molecule has 1 aliphatic heterocycles. The number of ether oxygens (including phenoxy) is 4. The van der Waals surface area contributed by atoms with Crippen LogP contribution in [0.15, 0.2) is 54.7 Å². The van der Waals surface area contributed by atoms with Crippen LogP contribution in [0.2, 0.25) is 0 Å². The number of rotatable bonds is 6. The third kappa shape index (κ3) is 4.37. The van der Waals surface area contributed by atoms with Gasteiger partial charge < -0.3 is 24.3 Å². The van der Waals surface area contributed by atoms with Gasteiger partial charge >= 0.3 is 5.97 Å². The number of fused-ring (bicyclic) bond motifs is 3. The van der Waals surface area contributed by atoms with Crippen molar-refractivity contribution < 1.29 is 23.7 Å². The number of halogens is 1. The van der Waals surface area contributed by atoms with E-state index in [9.17, 15) is 4.79 Å². The summed E-state index contributed by atoms with van der Waals surface area (Å²) in [6, 6.07) is 16.3. The van der Waals surface area contributed by atoms with Crippen molar-refractivity contribution in [3.05, 3.63) is 77.0 Å². The minimum Gasteiger partial charge on any atom is -0.496 e. The molecule has 0 saturated carbocycles. The van der Waals surface area contributed by atoms with Gasteiger partial charge in [0, 0.05) is 28.9 Å². The van der Waals surface area contributed by atoms with Gasteiger partial charge in [-0.15, -0.1) is 12.4 Å². The number of nitrogens with zero attached hydrogens (tertiary/aromatic N) is 1. The molecule has 1 aliphatic carbocycles. The first-order valence-electron chi connectivity index (χ1n) is 12.4. The van der Waals surface area contributed by atoms with E-state index in [2.05, 4.69) is 11.4 Å². The number of hydrogen-bond acceptors (Lipinski definition) is 7. The fourth-order valence-corrected chi connectivity index (χ4v) is 5.57. The highest BCUT2D eigenvalue weighted by Crippen LogP contribution is 2.42. The maximum Gasteiger partial charge on any atom is 0.339 e. The summed E-state index contributed by atoms with van der Waals surface area (Å²) in [7, 11) is 4.94. The molecule has 0 radical (unpaired) electrons. The number of nitrogens with one attached hydrogen (secondary N) is 1. The fourth-order valence-electron chi connectivity index (χ4n) is 5.57. The Morgan fingerprint density at radius 2 is 1.71 bits per heavy atom. The van der Waals surface area contributed by atoms with Crippen molar-refractivity contribution in [2.75, 3.05) is 26.6 Å². The Hall–Kier alpha value is -3.97. The maximum absolute atomic E-state index is 12.7. The first kappa shape index (κ1) is 25.7. The van der Waals surface area contributed by atoms with Gasteiger partial charge in [-0.2, -0.15) is 0 Å². The van der Waals surface area contributed by atoms with E-state index in [1.807, 2.05) is 48.7 Å². The van der Waals surface area contributed by atoms with Gasteiger partial charge in [0.25, 0.3) is 0 Å². The quantitative estimate of drug-likeness (QED) is 0.306. The molecule has 0 spiro atoms. The van der Waals surface area contributed by atoms with E-state index in [1.54, 1.807) is 21.3 Å². The number of aromatic nitrogens is 1. The fraction of sp³-hybridized carbons (Fsp3) is 0.267. The van der Waals surface area contributed by atoms with Crippen LogP contribution in [0.3, 0.4) is 0 Å². The Kier molecular flexibility index (Phi) is 7.04. The highest BCUT2D eigenvalue weighted by molar-refractivity contribution is 6.11. The summed E-state index contributed by atoms with van der Waals surface area (Å²) in [6.45, 7) is 0.256. The first-order valence-corrected chi connectivity index (χ1v) is 12.4. The molecule has 3 aromatic carbocycles. The standard InChI is InChI=1S/C30H28N2O5.ClH/c1-34-24-6-4-5-17-12-21(8-9-22(17)24)32-27-10-7-18(15-31-27)28-23-14-26(36-3)25(35-2)13-19(23)11-20-16-37-30(33)29(20)28;/h4-7,10-11,13-15,21H,8-9,12,16H2,1-3H3,(H,31,32);1H/t21-;/m0./s1. The lowest BCUT2D eigenvalue weighted by Crippen LogP contribution is -2.28. The Morgan fingerprint density at radius 1 is 0.921 bits per heavy atom. The molecule has 196 valence electrons. The lowest BCUT2D eigenvalue weighted by atomic mass is 9.87. The SMILES string of the molecule is COc1cc2cc3c(c(-c4ccc(N[C@H]5CCc6c(cccc6OC)C5)nc4)c2cc1OC)C(=O)OC3.Cl. The van der Waals surface area contributed by atoms with E-state index in [-0.39, 0.29) is 31.0 Å². The number of pyridine rings is 1. The number of carbonyl (C=O) groups excluding carboxylic acids is 1. The van der Waals surface area contributed by atoms with Gasteiger partial charge in [-0.05, 0) is 77.6 Å². The summed E-state index contributed by atoms with van der Waals surface area (Å²) in [5.41, 5.74) is 5.70. The molecular formula is C30H29ClN2O5. The van der Waals surface area contributed by atoms with Crippen LogP contribution in [0.4, 0.5) is 5.82 Å². The van der Waals surface area contributed by atoms with Crippen LogP contribution in [0.5, 0.6) is 17.2 Å². The number of cyclic esters (lactones) is 1. The smallest absolute Gasteiger partial charge is 0.339 e. The lowest BCUT2D eigenvalue weighted by molar-refractivity contribution is 0.0535. The molecule has 0 bridgehead atoms. The van der Waals surface area contributed by atoms with Crippen LogP contribution in [-0.2, 0) is 24.2 Å². The van der Waals surface area contributed by atoms with Crippen LogP contribution in [-0.4, -0.2) is 38.3 Å². The average Bonchev–Trinajstić information content (AvgIpc) is 3.30. The van der Waals surface area contributed by atoms with Crippen molar-refractivity contribution in [2.45, 2.75) is 31.9 Å². The first-order chi connectivity index (χ1) is 18.1. The molecular weight excluding hydrogens is 504 g/mol. The van der Waals surface area contributed by atoms with Crippen molar-refractivity contribution in [2.24, 2.45) is 0 Å². The molecule has 1 atom stereocenters. The predicted octanol–water partition coefficient (Wildman–Crippen LogP) is 5.99. The monoisotopic (exact) mass is 532 g/mol. The van der Waals surface area contributed by atoms with Gasteiger partial charge in [-0.1, -0.05) is 12.1 Å². The molecule has 0 saturated heterocycles. The molecule has 4 aromatic rings. The third-order valence-corrected chi connectivity index (χ3v) is 7.35. The predicted molar refractivity (Wildman–Crippen MR) is 149 cm³/mol. The molecule has 6 rings (SSSR count). The van der Waals surface area contributed by atoms with Crippen molar-refractivity contribution in [3.63, 3.8) is 0 Å². The van der Waals surface area contributed by atoms with Crippen molar-refractivity contribution in [1.29, 1.82) is 0 Å². The Morgan fingerprint density at radius 3 is 2.45 bits per heavy atom. The van der Waals surface area contributed by atoms with Crippen molar-refractivity contribution in [1.82, 2.24) is 4.98 Å². The van der Waals surface area contributed by atoms with Gasteiger partial charge in [0.2, 0.25) is 0 Å². The second-order valence-corrected chi connectivity index (χ2v) is 9.40. The molecule has 0 amide bonds. The topological polar surface area (TPSA) is 78.9 Å². The summed E-state index contributed by atoms with van der Waals surface area (Å²) in [5, 5.41) is 5.42. The van der Waals surface area contributed by atoms with Gasteiger partial charge in [-0.25, -0.2) is 9.78 Å². The number of esters is 1. The summed E-state index contributed by atoms with van der Waals surface area (Å²) < 4.78 is 22.0. The van der Waals surface area contributed by atoms with Crippen LogP contribution in [0.1, 0.15) is 33.5 Å². The zero-order valence-corrected chi connectivity index (χ0v) is 22.3. The third-order valence-electron chi connectivity index (χ3n) is 7.35. The van der Waals surface area contributed by atoms with Gasteiger partial charge in [-0.3, -0.25) is 0 Å². The van der Waals surface area contributed by atoms with E-state index in [0.717, 1.165) is 58.3 Å². The lowest BCUT2D eigenvalue weighted by Gasteiger charge is -2.27. The Labute approximate surface area is 227 Å². The number of hydrogen-bond donors (Lipinski definition) is 1. The minimum atomic E-state index is -0.319. The largest absolute Gasteiger partial charge is 0.496 e. The summed E-state index contributed by atoms with van der Waals surface area (Å²) in [6.07, 6.45) is 4.70. The maximum atomic E-state index is 12.7. The second-order valence-electron chi connectivity index (χ2n) is 9.40. The second kappa shape index (κ2) is 10.4. The summed E-state index contributed by atoms with van der Waals surface area (Å²) >= 11 is 0. The molecule has 1 N–H and O–H groups in total. The molecule has 38 heavy (non-hydrogen) atoms. The van der Waals surface area contributed by atoms with Crippen LogP contribution >= 0.6 is 12.4 Å². The van der Waals surface area contributed by atoms with Crippen LogP contribution < -0.4 is 19.5 Å². The van der Waals surface area contributed by atoms with Crippen molar-refractivity contribution >= 4 is 35.0 Å². The van der Waals surface area contributed by atoms with Crippen molar-refractivity contribution in [3.8, 4) is 28.4 Å². The normalized spacial score (nSPS) is 15.7. The number of anilines is 1. The zero-order valence-electron chi connectivity index (χ0n) is 21.5. The minimum absolute atomic E-state index is 0. The molecule has 1 aromatic heterocycles. The zero-order chi connectivity index (χ0) is 25.5. The van der Waals surface area contributed by atoms with Gasteiger partial charge in [0.1, 0.15) is 18.2 Å². The Balaban J connectivity index is 0.00000294. The molecule has 2 aliphatic rings. The molecule has 2 heterocycles. The number of methoxy groups -OCH3 is 3. The summed E-state index contributed by atoms with van der Waals surface area (Å²) in [4.78, 5) is 17.5. The van der Waals surface area contributed by atoms with Gasteiger partial charge in [0.05, 0.1) is 26.9 Å². The van der Waals surface area contributed by atoms with E-state index >= 15 is 0 Å². The van der Waals surface area contributed by atoms with Crippen LogP contribution in [0.25, 0.3) is 21.9 Å².